The molecule has 290 valence electrons. The van der Waals surface area contributed by atoms with Crippen molar-refractivity contribution in [1.29, 1.82) is 0 Å². The van der Waals surface area contributed by atoms with Gasteiger partial charge < -0.3 is 14.2 Å². The number of ether oxygens (including phenoxy) is 3. The van der Waals surface area contributed by atoms with Crippen LogP contribution in [0.2, 0.25) is 39.3 Å². The molecule has 0 atom stereocenters. The third-order valence-electron chi connectivity index (χ3n) is 8.54. The van der Waals surface area contributed by atoms with Crippen LogP contribution < -0.4 is 14.2 Å². The van der Waals surface area contributed by atoms with Crippen molar-refractivity contribution in [3.05, 3.63) is 86.5 Å². The lowest BCUT2D eigenvalue weighted by Gasteiger charge is -2.21. The Morgan fingerprint density at radius 1 is 0.357 bits per heavy atom. The van der Waals surface area contributed by atoms with Crippen LogP contribution in [0.15, 0.2) is 36.4 Å². The monoisotopic (exact) mass is 776 g/mol. The van der Waals surface area contributed by atoms with E-state index in [1.807, 2.05) is 0 Å². The fourth-order valence-corrected chi connectivity index (χ4v) is 6.33. The van der Waals surface area contributed by atoms with Crippen LogP contribution in [0.5, 0.6) is 17.2 Å². The molecule has 0 saturated heterocycles. The topological polar surface area (TPSA) is 27.7 Å². The van der Waals surface area contributed by atoms with Gasteiger partial charge in [-0.15, -0.1) is 11.1 Å². The van der Waals surface area contributed by atoms with E-state index in [0.717, 1.165) is 38.9 Å². The number of methoxy groups -OCH3 is 3. The second-order valence-corrected chi connectivity index (χ2v) is 28.6. The minimum absolute atomic E-state index is 0.0972. The lowest BCUT2D eigenvalue weighted by molar-refractivity contribution is 0.411. The quantitative estimate of drug-likeness (QED) is 0.196. The van der Waals surface area contributed by atoms with E-state index in [0.29, 0.717) is 28.4 Å². The highest BCUT2D eigenvalue weighted by atomic mass is 28.3. The lowest BCUT2D eigenvalue weighted by Crippen LogP contribution is -2.16. The maximum absolute atomic E-state index is 5.93. The summed E-state index contributed by atoms with van der Waals surface area (Å²) in [5.74, 6) is 34.1. The summed E-state index contributed by atoms with van der Waals surface area (Å²) < 4.78 is 17.7. The Labute approximate surface area is 342 Å². The molecule has 56 heavy (non-hydrogen) atoms. The van der Waals surface area contributed by atoms with Crippen molar-refractivity contribution in [2.45, 2.75) is 118 Å². The number of rotatable bonds is 3. The first-order valence-electron chi connectivity index (χ1n) is 19.1. The predicted molar refractivity (Wildman–Crippen MR) is 243 cm³/mol. The van der Waals surface area contributed by atoms with Crippen LogP contribution in [0.4, 0.5) is 0 Å². The summed E-state index contributed by atoms with van der Waals surface area (Å²) in [4.78, 5) is 0. The van der Waals surface area contributed by atoms with E-state index in [1.165, 1.54) is 0 Å². The maximum atomic E-state index is 5.93. The van der Waals surface area contributed by atoms with Gasteiger partial charge in [-0.05, 0) is 117 Å². The molecule has 0 heterocycles. The Hall–Kier alpha value is -5.15. The molecule has 0 unspecified atom stereocenters. The minimum Gasteiger partial charge on any atom is -0.494 e. The van der Waals surface area contributed by atoms with Crippen LogP contribution in [0.1, 0.15) is 112 Å². The van der Waals surface area contributed by atoms with Gasteiger partial charge in [0.25, 0.3) is 0 Å². The van der Waals surface area contributed by atoms with Crippen LogP contribution in [0.3, 0.4) is 0 Å². The third kappa shape index (κ3) is 13.0. The molecule has 0 N–H and O–H groups in total. The highest BCUT2D eigenvalue weighted by Crippen LogP contribution is 2.34. The van der Waals surface area contributed by atoms with E-state index in [1.54, 1.807) is 21.3 Å². The molecule has 0 saturated carbocycles. The molecular weight excluding hydrogens is 717 g/mol. The van der Waals surface area contributed by atoms with Gasteiger partial charge in [0, 0.05) is 0 Å². The number of benzene rings is 3. The van der Waals surface area contributed by atoms with Gasteiger partial charge in [-0.25, -0.2) is 0 Å². The van der Waals surface area contributed by atoms with Crippen molar-refractivity contribution in [3.63, 3.8) is 0 Å². The van der Waals surface area contributed by atoms with E-state index in [-0.39, 0.29) is 16.2 Å². The molecule has 3 rings (SSSR count). The van der Waals surface area contributed by atoms with Crippen LogP contribution in [-0.4, -0.2) is 37.5 Å². The first-order chi connectivity index (χ1) is 25.8. The molecule has 0 bridgehead atoms. The predicted octanol–water partition coefficient (Wildman–Crippen LogP) is 10.9. The summed E-state index contributed by atoms with van der Waals surface area (Å²) in [6, 6.07) is 12.5. The minimum atomic E-state index is -1.62. The zero-order valence-electron chi connectivity index (χ0n) is 37.2. The average Bonchev–Trinajstić information content (AvgIpc) is 3.07. The van der Waals surface area contributed by atoms with Gasteiger partial charge in [-0.1, -0.05) is 113 Å². The lowest BCUT2D eigenvalue weighted by atomic mass is 9.84. The standard InChI is InChI=1S/C51H60O3Si2/c1-49(2,3)43-31-37(23-19-21-25-39-33-44(50(4,5)6)35-41(47(39)53-11)27-29-55(13,14)15)46(52-10)38(32-43)24-20-22-26-40-34-45(51(7,8)9)36-42(48(40)54-12)28-30-56(16,17)18/h31-36H,1-18H3. The Morgan fingerprint density at radius 2 is 0.554 bits per heavy atom. The molecule has 0 aliphatic carbocycles. The molecule has 3 aromatic rings. The fraction of sp³-hybridized carbons (Fsp3) is 0.412. The van der Waals surface area contributed by atoms with Crippen molar-refractivity contribution < 1.29 is 14.2 Å². The molecule has 0 amide bonds. The smallest absolute Gasteiger partial charge is 0.150 e. The van der Waals surface area contributed by atoms with Crippen LogP contribution in [0, 0.1) is 70.3 Å². The van der Waals surface area contributed by atoms with Gasteiger partial charge in [-0.2, -0.15) is 0 Å². The first kappa shape index (κ1) is 45.2. The summed E-state index contributed by atoms with van der Waals surface area (Å²) in [6.45, 7) is 33.0. The SMILES string of the molecule is COc1c(C#CC#Cc2cc(C(C)(C)C)cc(C#C[Si](C)(C)C)c2OC)cc(C(C)(C)C)cc1C#CC#Cc1cc(C(C)(C)C)cc(C#C[Si](C)(C)C)c1OC. The molecule has 3 aromatic carbocycles. The second-order valence-electron chi connectivity index (χ2n) is 19.1. The van der Waals surface area contributed by atoms with E-state index in [2.05, 4.69) is 208 Å². The van der Waals surface area contributed by atoms with Crippen molar-refractivity contribution in [2.24, 2.45) is 0 Å². The Kier molecular flexibility index (Phi) is 14.3. The van der Waals surface area contributed by atoms with Crippen LogP contribution >= 0.6 is 0 Å². The molecule has 0 aromatic heterocycles. The summed E-state index contributed by atoms with van der Waals surface area (Å²) in [5, 5.41) is 0. The zero-order chi connectivity index (χ0) is 42.3. The maximum Gasteiger partial charge on any atom is 0.150 e. The molecule has 0 radical (unpaired) electrons. The Morgan fingerprint density at radius 3 is 0.714 bits per heavy atom. The van der Waals surface area contributed by atoms with Crippen molar-refractivity contribution in [2.75, 3.05) is 21.3 Å². The van der Waals surface area contributed by atoms with Gasteiger partial charge >= 0.3 is 0 Å². The Balaban J connectivity index is 2.20. The zero-order valence-corrected chi connectivity index (χ0v) is 39.2. The fourth-order valence-electron chi connectivity index (χ4n) is 5.31. The molecule has 3 nitrogen and oxygen atoms in total. The second kappa shape index (κ2) is 17.8. The van der Waals surface area contributed by atoms with Gasteiger partial charge in [-0.3, -0.25) is 0 Å². The number of hydrogen-bond acceptors (Lipinski definition) is 3. The highest BCUT2D eigenvalue weighted by Gasteiger charge is 2.21. The van der Waals surface area contributed by atoms with Crippen LogP contribution in [-0.2, 0) is 16.2 Å². The van der Waals surface area contributed by atoms with E-state index in [9.17, 15) is 0 Å². The summed E-state index contributed by atoms with van der Waals surface area (Å²) >= 11 is 0. The average molecular weight is 777 g/mol. The molecule has 0 fully saturated rings. The van der Waals surface area contributed by atoms with E-state index >= 15 is 0 Å². The van der Waals surface area contributed by atoms with Crippen molar-refractivity contribution in [1.82, 2.24) is 0 Å². The number of hydrogen-bond donors (Lipinski definition) is 0. The molecule has 5 heteroatoms. The third-order valence-corrected chi connectivity index (χ3v) is 10.3. The van der Waals surface area contributed by atoms with Crippen molar-refractivity contribution in [3.8, 4) is 87.5 Å². The summed E-state index contributed by atoms with van der Waals surface area (Å²) in [6.07, 6.45) is 0. The molecule has 0 aliphatic rings. The normalized spacial score (nSPS) is 11.2. The molecular formula is C51H60O3Si2. The summed E-state index contributed by atoms with van der Waals surface area (Å²) in [7, 11) is 1.73. The molecule has 0 spiro atoms. The summed E-state index contributed by atoms with van der Waals surface area (Å²) in [5.41, 5.74) is 14.6. The van der Waals surface area contributed by atoms with Gasteiger partial charge in [0.1, 0.15) is 33.4 Å². The van der Waals surface area contributed by atoms with Crippen LogP contribution in [0.25, 0.3) is 0 Å². The van der Waals surface area contributed by atoms with Gasteiger partial charge in [0.15, 0.2) is 0 Å². The highest BCUT2D eigenvalue weighted by molar-refractivity contribution is 6.84. The molecule has 0 aliphatic heterocycles. The van der Waals surface area contributed by atoms with E-state index < -0.39 is 16.1 Å². The van der Waals surface area contributed by atoms with E-state index in [4.69, 9.17) is 14.2 Å². The largest absolute Gasteiger partial charge is 0.494 e. The van der Waals surface area contributed by atoms with Gasteiger partial charge in [0.2, 0.25) is 0 Å². The first-order valence-corrected chi connectivity index (χ1v) is 26.1. The van der Waals surface area contributed by atoms with Crippen molar-refractivity contribution >= 4 is 16.1 Å². The Bertz CT molecular complexity index is 2200. The van der Waals surface area contributed by atoms with Gasteiger partial charge in [0.05, 0.1) is 54.7 Å².